The lowest BCUT2D eigenvalue weighted by atomic mass is 9.92. The van der Waals surface area contributed by atoms with E-state index < -0.39 is 0 Å². The topological polar surface area (TPSA) is 35.2 Å². The highest BCUT2D eigenvalue weighted by atomic mass is 16.5. The molecular weight excluding hydrogens is 222 g/mol. The van der Waals surface area contributed by atoms with Crippen LogP contribution >= 0.6 is 0 Å². The van der Waals surface area contributed by atoms with Gasteiger partial charge in [0.05, 0.1) is 6.10 Å². The molecule has 0 aromatic heterocycles. The Bertz CT molecular complexity index is 373. The van der Waals surface area contributed by atoms with Gasteiger partial charge in [0.1, 0.15) is 0 Å². The van der Waals surface area contributed by atoms with E-state index in [2.05, 4.69) is 24.3 Å². The fourth-order valence-corrected chi connectivity index (χ4v) is 3.38. The van der Waals surface area contributed by atoms with E-state index in [0.29, 0.717) is 18.1 Å². The molecule has 2 aliphatic rings. The first-order chi connectivity index (χ1) is 8.83. The van der Waals surface area contributed by atoms with Crippen molar-refractivity contribution in [3.05, 3.63) is 35.4 Å². The molecule has 0 spiro atoms. The largest absolute Gasteiger partial charge is 0.378 e. The van der Waals surface area contributed by atoms with Crippen LogP contribution in [0.1, 0.15) is 36.8 Å². The Hall–Kier alpha value is -0.860. The van der Waals surface area contributed by atoms with E-state index in [-0.39, 0.29) is 0 Å². The third-order valence-corrected chi connectivity index (χ3v) is 4.53. The number of nitrogens with two attached hydrogens (primary N) is 1. The van der Waals surface area contributed by atoms with E-state index in [1.807, 2.05) is 0 Å². The summed E-state index contributed by atoms with van der Waals surface area (Å²) in [6.07, 6.45) is 7.55. The van der Waals surface area contributed by atoms with Crippen LogP contribution in [-0.2, 0) is 17.6 Å². The molecule has 0 radical (unpaired) electrons. The molecule has 0 bridgehead atoms. The Labute approximate surface area is 110 Å². The third kappa shape index (κ3) is 2.60. The van der Waals surface area contributed by atoms with Crippen molar-refractivity contribution in [2.24, 2.45) is 11.7 Å². The van der Waals surface area contributed by atoms with Gasteiger partial charge in [0.25, 0.3) is 0 Å². The predicted molar refractivity (Wildman–Crippen MR) is 73.5 cm³/mol. The summed E-state index contributed by atoms with van der Waals surface area (Å²) in [6.45, 7) is 0.953. The standard InChI is InChI=1S/C16H23NO/c17-16(8-7-15-6-3-9-18-15)14-10-12-4-1-2-5-13(12)11-14/h1-2,4-5,14-16H,3,6-11,17H2. The summed E-state index contributed by atoms with van der Waals surface area (Å²) in [5.74, 6) is 0.642. The molecule has 2 heteroatoms. The summed E-state index contributed by atoms with van der Waals surface area (Å²) in [7, 11) is 0. The van der Waals surface area contributed by atoms with Gasteiger partial charge >= 0.3 is 0 Å². The van der Waals surface area contributed by atoms with E-state index in [9.17, 15) is 0 Å². The smallest absolute Gasteiger partial charge is 0.0576 e. The first-order valence-corrected chi connectivity index (χ1v) is 7.27. The first kappa shape index (κ1) is 12.2. The van der Waals surface area contributed by atoms with Gasteiger partial charge in [0.2, 0.25) is 0 Å². The predicted octanol–water partition coefficient (Wildman–Crippen LogP) is 2.69. The molecule has 1 aliphatic heterocycles. The molecular formula is C16H23NO. The maximum Gasteiger partial charge on any atom is 0.0576 e. The summed E-state index contributed by atoms with van der Waals surface area (Å²) in [5, 5.41) is 0. The van der Waals surface area contributed by atoms with Crippen molar-refractivity contribution in [2.45, 2.75) is 50.7 Å². The minimum Gasteiger partial charge on any atom is -0.378 e. The molecule has 1 heterocycles. The number of rotatable bonds is 4. The van der Waals surface area contributed by atoms with Crippen LogP contribution in [0.2, 0.25) is 0 Å². The molecule has 0 saturated carbocycles. The summed E-state index contributed by atoms with van der Waals surface area (Å²) in [4.78, 5) is 0. The zero-order chi connectivity index (χ0) is 12.4. The molecule has 1 aromatic rings. The average Bonchev–Trinajstić information content (AvgIpc) is 3.04. The first-order valence-electron chi connectivity index (χ1n) is 7.27. The zero-order valence-electron chi connectivity index (χ0n) is 11.0. The fourth-order valence-electron chi connectivity index (χ4n) is 3.38. The van der Waals surface area contributed by atoms with Gasteiger partial charge in [-0.05, 0) is 55.6 Å². The Morgan fingerprint density at radius 1 is 1.22 bits per heavy atom. The Kier molecular flexibility index (Phi) is 3.67. The molecule has 3 rings (SSSR count). The maximum atomic E-state index is 6.38. The van der Waals surface area contributed by atoms with E-state index in [0.717, 1.165) is 19.4 Å². The van der Waals surface area contributed by atoms with Gasteiger partial charge in [-0.15, -0.1) is 0 Å². The number of hydrogen-bond donors (Lipinski definition) is 1. The van der Waals surface area contributed by atoms with Crippen molar-refractivity contribution in [2.75, 3.05) is 6.61 Å². The van der Waals surface area contributed by atoms with Gasteiger partial charge in [0, 0.05) is 12.6 Å². The van der Waals surface area contributed by atoms with Crippen molar-refractivity contribution in [3.8, 4) is 0 Å². The van der Waals surface area contributed by atoms with Crippen molar-refractivity contribution < 1.29 is 4.74 Å². The molecule has 0 amide bonds. The second kappa shape index (κ2) is 5.41. The van der Waals surface area contributed by atoms with Crippen LogP contribution in [0.25, 0.3) is 0 Å². The highest BCUT2D eigenvalue weighted by molar-refractivity contribution is 5.32. The van der Waals surface area contributed by atoms with Crippen LogP contribution in [0.5, 0.6) is 0 Å². The molecule has 1 aromatic carbocycles. The average molecular weight is 245 g/mol. The van der Waals surface area contributed by atoms with Crippen molar-refractivity contribution in [1.29, 1.82) is 0 Å². The molecule has 2 N–H and O–H groups in total. The Balaban J connectivity index is 1.50. The lowest BCUT2D eigenvalue weighted by Gasteiger charge is -2.20. The minimum absolute atomic E-state index is 0.335. The Morgan fingerprint density at radius 3 is 2.56 bits per heavy atom. The number of ether oxygens (including phenoxy) is 1. The van der Waals surface area contributed by atoms with Crippen LogP contribution in [0.4, 0.5) is 0 Å². The van der Waals surface area contributed by atoms with Crippen molar-refractivity contribution >= 4 is 0 Å². The molecule has 98 valence electrons. The Morgan fingerprint density at radius 2 is 1.94 bits per heavy atom. The second-order valence-corrected chi connectivity index (χ2v) is 5.81. The van der Waals surface area contributed by atoms with Gasteiger partial charge < -0.3 is 10.5 Å². The summed E-state index contributed by atoms with van der Waals surface area (Å²) >= 11 is 0. The normalized spacial score (nSPS) is 25.3. The number of benzene rings is 1. The molecule has 2 nitrogen and oxygen atoms in total. The summed E-state index contributed by atoms with van der Waals surface area (Å²) < 4.78 is 5.67. The van der Waals surface area contributed by atoms with Crippen molar-refractivity contribution in [3.63, 3.8) is 0 Å². The van der Waals surface area contributed by atoms with E-state index >= 15 is 0 Å². The van der Waals surface area contributed by atoms with Crippen LogP contribution in [0.3, 0.4) is 0 Å². The van der Waals surface area contributed by atoms with Gasteiger partial charge in [-0.1, -0.05) is 24.3 Å². The summed E-state index contributed by atoms with van der Waals surface area (Å²) in [6, 6.07) is 9.12. The third-order valence-electron chi connectivity index (χ3n) is 4.53. The zero-order valence-corrected chi connectivity index (χ0v) is 11.0. The van der Waals surface area contributed by atoms with Crippen LogP contribution in [-0.4, -0.2) is 18.8 Å². The van der Waals surface area contributed by atoms with Gasteiger partial charge in [0.15, 0.2) is 0 Å². The van der Waals surface area contributed by atoms with E-state index in [1.165, 1.54) is 36.8 Å². The SMILES string of the molecule is NC(CCC1CCCO1)C1Cc2ccccc2C1. The lowest BCUT2D eigenvalue weighted by molar-refractivity contribution is 0.0990. The molecule has 18 heavy (non-hydrogen) atoms. The number of hydrogen-bond acceptors (Lipinski definition) is 2. The molecule has 1 saturated heterocycles. The van der Waals surface area contributed by atoms with Crippen LogP contribution < -0.4 is 5.73 Å². The van der Waals surface area contributed by atoms with Crippen LogP contribution in [0, 0.1) is 5.92 Å². The van der Waals surface area contributed by atoms with Gasteiger partial charge in [-0.2, -0.15) is 0 Å². The van der Waals surface area contributed by atoms with E-state index in [4.69, 9.17) is 10.5 Å². The van der Waals surface area contributed by atoms with Gasteiger partial charge in [-0.25, -0.2) is 0 Å². The maximum absolute atomic E-state index is 6.38. The van der Waals surface area contributed by atoms with Crippen LogP contribution in [0.15, 0.2) is 24.3 Å². The van der Waals surface area contributed by atoms with Crippen molar-refractivity contribution in [1.82, 2.24) is 0 Å². The molecule has 2 atom stereocenters. The molecule has 2 unspecified atom stereocenters. The quantitative estimate of drug-likeness (QED) is 0.885. The highest BCUT2D eigenvalue weighted by Gasteiger charge is 2.27. The molecule has 1 fully saturated rings. The monoisotopic (exact) mass is 245 g/mol. The second-order valence-electron chi connectivity index (χ2n) is 5.81. The minimum atomic E-state index is 0.335. The lowest BCUT2D eigenvalue weighted by Crippen LogP contribution is -2.31. The summed E-state index contributed by atoms with van der Waals surface area (Å²) in [5.41, 5.74) is 9.40. The fraction of sp³-hybridized carbons (Fsp3) is 0.625. The highest BCUT2D eigenvalue weighted by Crippen LogP contribution is 2.30. The van der Waals surface area contributed by atoms with Gasteiger partial charge in [-0.3, -0.25) is 0 Å². The number of fused-ring (bicyclic) bond motifs is 1. The van der Waals surface area contributed by atoms with E-state index in [1.54, 1.807) is 0 Å². The molecule has 1 aliphatic carbocycles.